The van der Waals surface area contributed by atoms with Gasteiger partial charge in [-0.2, -0.15) is 0 Å². The number of rotatable bonds is 5. The van der Waals surface area contributed by atoms with Gasteiger partial charge in [0.1, 0.15) is 18.5 Å². The third kappa shape index (κ3) is 3.58. The molecule has 1 aromatic heterocycles. The topological polar surface area (TPSA) is 47.3 Å². The molecule has 1 atom stereocenters. The molecule has 0 aliphatic rings. The average molecular weight is 260 g/mol. The van der Waals surface area contributed by atoms with E-state index in [0.717, 1.165) is 16.9 Å². The summed E-state index contributed by atoms with van der Waals surface area (Å²) in [6.07, 6.45) is 4.66. The van der Waals surface area contributed by atoms with Crippen LogP contribution in [-0.2, 0) is 6.54 Å². The van der Waals surface area contributed by atoms with Gasteiger partial charge in [-0.3, -0.25) is 0 Å². The summed E-state index contributed by atoms with van der Waals surface area (Å²) in [5.41, 5.74) is 3.43. The fourth-order valence-corrected chi connectivity index (χ4v) is 2.26. The van der Waals surface area contributed by atoms with Crippen molar-refractivity contribution in [1.29, 1.82) is 0 Å². The third-order valence-corrected chi connectivity index (χ3v) is 3.01. The molecule has 19 heavy (non-hydrogen) atoms. The maximum Gasteiger partial charge on any atom is 0.125 e. The summed E-state index contributed by atoms with van der Waals surface area (Å²) in [5.74, 6) is 0.871. The van der Waals surface area contributed by atoms with Gasteiger partial charge in [0.25, 0.3) is 0 Å². The second-order valence-electron chi connectivity index (χ2n) is 4.95. The average Bonchev–Trinajstić information content (AvgIpc) is 2.80. The largest absolute Gasteiger partial charge is 0.490 e. The Bertz CT molecular complexity index is 512. The molecular weight excluding hydrogens is 240 g/mol. The smallest absolute Gasteiger partial charge is 0.125 e. The van der Waals surface area contributed by atoms with Crippen LogP contribution in [0.3, 0.4) is 0 Å². The molecule has 0 saturated heterocycles. The van der Waals surface area contributed by atoms with Crippen LogP contribution in [0.15, 0.2) is 30.9 Å². The van der Waals surface area contributed by atoms with Gasteiger partial charge in [0, 0.05) is 12.4 Å². The van der Waals surface area contributed by atoms with E-state index < -0.39 is 6.10 Å². The minimum absolute atomic E-state index is 0.281. The van der Waals surface area contributed by atoms with Gasteiger partial charge >= 0.3 is 0 Å². The van der Waals surface area contributed by atoms with Crippen molar-refractivity contribution in [2.24, 2.45) is 0 Å². The van der Waals surface area contributed by atoms with Crippen LogP contribution in [0.1, 0.15) is 16.7 Å². The summed E-state index contributed by atoms with van der Waals surface area (Å²) in [7, 11) is 0. The zero-order chi connectivity index (χ0) is 13.8. The molecule has 1 unspecified atom stereocenters. The second-order valence-corrected chi connectivity index (χ2v) is 4.95. The molecule has 102 valence electrons. The molecule has 0 spiro atoms. The summed E-state index contributed by atoms with van der Waals surface area (Å²) in [6.45, 7) is 6.89. The zero-order valence-corrected chi connectivity index (χ0v) is 11.6. The monoisotopic (exact) mass is 260 g/mol. The van der Waals surface area contributed by atoms with Crippen molar-refractivity contribution in [2.45, 2.75) is 33.4 Å². The molecule has 0 fully saturated rings. The van der Waals surface area contributed by atoms with Gasteiger partial charge in [-0.05, 0) is 31.9 Å². The normalized spacial score (nSPS) is 12.4. The molecular formula is C15H20N2O2. The Labute approximate surface area is 113 Å². The molecule has 4 nitrogen and oxygen atoms in total. The maximum absolute atomic E-state index is 9.95. The van der Waals surface area contributed by atoms with E-state index in [1.165, 1.54) is 5.56 Å². The highest BCUT2D eigenvalue weighted by Gasteiger charge is 2.09. The van der Waals surface area contributed by atoms with Crippen LogP contribution in [-0.4, -0.2) is 27.4 Å². The number of hydrogen-bond donors (Lipinski definition) is 1. The Morgan fingerprint density at radius 1 is 1.26 bits per heavy atom. The molecule has 0 bridgehead atoms. The lowest BCUT2D eigenvalue weighted by molar-refractivity contribution is 0.0918. The lowest BCUT2D eigenvalue weighted by atomic mass is 10.1. The fourth-order valence-electron chi connectivity index (χ4n) is 2.26. The van der Waals surface area contributed by atoms with Crippen molar-refractivity contribution >= 4 is 0 Å². The first kappa shape index (κ1) is 13.6. The maximum atomic E-state index is 9.95. The number of aromatic nitrogens is 2. The Kier molecular flexibility index (Phi) is 4.22. The van der Waals surface area contributed by atoms with E-state index in [1.54, 1.807) is 12.5 Å². The number of ether oxygens (including phenoxy) is 1. The molecule has 4 heteroatoms. The van der Waals surface area contributed by atoms with Gasteiger partial charge < -0.3 is 14.4 Å². The van der Waals surface area contributed by atoms with Crippen molar-refractivity contribution < 1.29 is 9.84 Å². The molecule has 2 rings (SSSR count). The lowest BCUT2D eigenvalue weighted by Crippen LogP contribution is -2.23. The Morgan fingerprint density at radius 2 is 1.95 bits per heavy atom. The molecule has 2 aromatic rings. The molecule has 1 heterocycles. The van der Waals surface area contributed by atoms with Crippen molar-refractivity contribution in [1.82, 2.24) is 9.55 Å². The van der Waals surface area contributed by atoms with Gasteiger partial charge in [0.2, 0.25) is 0 Å². The first-order valence-corrected chi connectivity index (χ1v) is 6.40. The number of imidazole rings is 1. The van der Waals surface area contributed by atoms with E-state index in [4.69, 9.17) is 4.74 Å². The summed E-state index contributed by atoms with van der Waals surface area (Å²) >= 11 is 0. The number of aliphatic hydroxyl groups excluding tert-OH is 1. The predicted octanol–water partition coefficient (Wildman–Crippen LogP) is 2.25. The highest BCUT2D eigenvalue weighted by molar-refractivity contribution is 5.42. The Morgan fingerprint density at radius 3 is 2.53 bits per heavy atom. The van der Waals surface area contributed by atoms with Crippen LogP contribution in [0.2, 0.25) is 0 Å². The SMILES string of the molecule is Cc1cc(C)c(OCC(O)Cn2ccnc2)c(C)c1. The van der Waals surface area contributed by atoms with Crippen molar-refractivity contribution in [3.63, 3.8) is 0 Å². The molecule has 0 aliphatic heterocycles. The number of aliphatic hydroxyl groups is 1. The van der Waals surface area contributed by atoms with E-state index in [2.05, 4.69) is 24.0 Å². The van der Waals surface area contributed by atoms with Crippen LogP contribution < -0.4 is 4.74 Å². The summed E-state index contributed by atoms with van der Waals surface area (Å²) in [4.78, 5) is 3.94. The van der Waals surface area contributed by atoms with Crippen molar-refractivity contribution in [3.05, 3.63) is 47.5 Å². The van der Waals surface area contributed by atoms with Gasteiger partial charge in [-0.25, -0.2) is 4.98 Å². The predicted molar refractivity (Wildman–Crippen MR) is 74.4 cm³/mol. The third-order valence-electron chi connectivity index (χ3n) is 3.01. The highest BCUT2D eigenvalue weighted by Crippen LogP contribution is 2.24. The van der Waals surface area contributed by atoms with Crippen molar-refractivity contribution in [2.75, 3.05) is 6.61 Å². The Hall–Kier alpha value is -1.81. The molecule has 0 aliphatic carbocycles. The summed E-state index contributed by atoms with van der Waals surface area (Å²) in [5, 5.41) is 9.95. The minimum atomic E-state index is -0.547. The number of aryl methyl sites for hydroxylation is 3. The van der Waals surface area contributed by atoms with Gasteiger partial charge in [-0.15, -0.1) is 0 Å². The van der Waals surface area contributed by atoms with Gasteiger partial charge in [0.15, 0.2) is 0 Å². The molecule has 0 saturated carbocycles. The lowest BCUT2D eigenvalue weighted by Gasteiger charge is -2.16. The molecule has 1 aromatic carbocycles. The van der Waals surface area contributed by atoms with Crippen LogP contribution in [0.4, 0.5) is 0 Å². The number of nitrogens with zero attached hydrogens (tertiary/aromatic N) is 2. The van der Waals surface area contributed by atoms with Crippen LogP contribution in [0.5, 0.6) is 5.75 Å². The highest BCUT2D eigenvalue weighted by atomic mass is 16.5. The fraction of sp³-hybridized carbons (Fsp3) is 0.400. The standard InChI is InChI=1S/C15H20N2O2/c1-11-6-12(2)15(13(3)7-11)19-9-14(18)8-17-5-4-16-10-17/h4-7,10,14,18H,8-9H2,1-3H3. The quantitative estimate of drug-likeness (QED) is 0.897. The van der Waals surface area contributed by atoms with E-state index >= 15 is 0 Å². The van der Waals surface area contributed by atoms with E-state index in [1.807, 2.05) is 24.6 Å². The van der Waals surface area contributed by atoms with Crippen LogP contribution >= 0.6 is 0 Å². The summed E-state index contributed by atoms with van der Waals surface area (Å²) in [6, 6.07) is 4.18. The number of hydrogen-bond acceptors (Lipinski definition) is 3. The second kappa shape index (κ2) is 5.89. The minimum Gasteiger partial charge on any atom is -0.490 e. The first-order chi connectivity index (χ1) is 9.06. The van der Waals surface area contributed by atoms with E-state index in [0.29, 0.717) is 6.54 Å². The molecule has 0 amide bonds. The first-order valence-electron chi connectivity index (χ1n) is 6.40. The molecule has 1 N–H and O–H groups in total. The van der Waals surface area contributed by atoms with Crippen LogP contribution in [0.25, 0.3) is 0 Å². The van der Waals surface area contributed by atoms with Gasteiger partial charge in [0.05, 0.1) is 12.9 Å². The zero-order valence-electron chi connectivity index (χ0n) is 11.6. The summed E-state index contributed by atoms with van der Waals surface area (Å²) < 4.78 is 7.59. The number of benzene rings is 1. The van der Waals surface area contributed by atoms with E-state index in [9.17, 15) is 5.11 Å². The Balaban J connectivity index is 1.95. The molecule has 0 radical (unpaired) electrons. The van der Waals surface area contributed by atoms with Crippen LogP contribution in [0, 0.1) is 20.8 Å². The van der Waals surface area contributed by atoms with E-state index in [-0.39, 0.29) is 6.61 Å². The van der Waals surface area contributed by atoms with Gasteiger partial charge in [-0.1, -0.05) is 17.7 Å². The van der Waals surface area contributed by atoms with Crippen molar-refractivity contribution in [3.8, 4) is 5.75 Å².